The van der Waals surface area contributed by atoms with Gasteiger partial charge < -0.3 is 9.15 Å². The number of hydrogen-bond acceptors (Lipinski definition) is 8. The second kappa shape index (κ2) is 7.17. The Morgan fingerprint density at radius 1 is 1.23 bits per heavy atom. The lowest BCUT2D eigenvalue weighted by Crippen LogP contribution is -1.98. The Hall–Kier alpha value is -3.79. The molecule has 0 spiro atoms. The fourth-order valence-electron chi connectivity index (χ4n) is 3.37. The topological polar surface area (TPSA) is 109 Å². The quantitative estimate of drug-likeness (QED) is 0.282. The Morgan fingerprint density at radius 2 is 2.06 bits per heavy atom. The van der Waals surface area contributed by atoms with Crippen molar-refractivity contribution in [2.75, 3.05) is 0 Å². The van der Waals surface area contributed by atoms with E-state index in [4.69, 9.17) is 9.15 Å². The Balaban J connectivity index is 1.43. The number of furan rings is 1. The van der Waals surface area contributed by atoms with Crippen LogP contribution in [0.2, 0.25) is 0 Å². The van der Waals surface area contributed by atoms with E-state index in [2.05, 4.69) is 28.9 Å². The largest absolute Gasteiger partial charge is 0.479 e. The molecule has 0 saturated heterocycles. The summed E-state index contributed by atoms with van der Waals surface area (Å²) in [6.07, 6.45) is 1.65. The van der Waals surface area contributed by atoms with Crippen LogP contribution in [0.4, 0.5) is 5.69 Å². The van der Waals surface area contributed by atoms with Crippen molar-refractivity contribution in [2.24, 2.45) is 0 Å². The number of nitro groups is 1. The molecule has 5 aromatic rings. The summed E-state index contributed by atoms with van der Waals surface area (Å²) < 4.78 is 13.1. The lowest BCUT2D eigenvalue weighted by molar-refractivity contribution is -0.386. The molecule has 0 atom stereocenters. The van der Waals surface area contributed by atoms with Crippen molar-refractivity contribution in [3.8, 4) is 17.3 Å². The molecule has 0 aliphatic heterocycles. The van der Waals surface area contributed by atoms with Crippen molar-refractivity contribution >= 4 is 32.9 Å². The second-order valence-electron chi connectivity index (χ2n) is 7.19. The number of nitrogens with zero attached hydrogens (tertiary/aromatic N) is 5. The highest BCUT2D eigenvalue weighted by atomic mass is 32.1. The first kappa shape index (κ1) is 19.2. The maximum atomic E-state index is 11.3. The molecule has 10 heteroatoms. The molecule has 5 rings (SSSR count). The van der Waals surface area contributed by atoms with Crippen LogP contribution >= 0.6 is 11.3 Å². The minimum Gasteiger partial charge on any atom is -0.479 e. The monoisotopic (exact) mass is 435 g/mol. The standard InChI is InChI=1S/C21H17N5O4S/c1-11-4-6-16(15(8-11)26(27)28)29-9-14-5-7-17(30-14)19-23-20-18-12(2)13(3)31-21(18)22-10-25(20)24-19/h4-8,10H,9H2,1-3H3. The first-order valence-corrected chi connectivity index (χ1v) is 10.3. The molecule has 31 heavy (non-hydrogen) atoms. The van der Waals surface area contributed by atoms with Gasteiger partial charge in [0.25, 0.3) is 0 Å². The third-order valence-electron chi connectivity index (χ3n) is 5.07. The molecule has 0 radical (unpaired) electrons. The van der Waals surface area contributed by atoms with Crippen LogP contribution in [0.25, 0.3) is 27.4 Å². The van der Waals surface area contributed by atoms with E-state index in [1.54, 1.807) is 53.4 Å². The van der Waals surface area contributed by atoms with Crippen molar-refractivity contribution in [1.82, 2.24) is 19.6 Å². The predicted molar refractivity (Wildman–Crippen MR) is 116 cm³/mol. The lowest BCUT2D eigenvalue weighted by atomic mass is 10.2. The van der Waals surface area contributed by atoms with E-state index >= 15 is 0 Å². The average Bonchev–Trinajstić information content (AvgIpc) is 3.44. The fraction of sp³-hybridized carbons (Fsp3) is 0.190. The van der Waals surface area contributed by atoms with Crippen LogP contribution in [0.3, 0.4) is 0 Å². The zero-order chi connectivity index (χ0) is 21.7. The van der Waals surface area contributed by atoms with E-state index in [1.807, 2.05) is 0 Å². The van der Waals surface area contributed by atoms with Gasteiger partial charge in [0.2, 0.25) is 5.82 Å². The predicted octanol–water partition coefficient (Wildman–Crippen LogP) is 5.01. The molecule has 9 nitrogen and oxygen atoms in total. The van der Waals surface area contributed by atoms with Gasteiger partial charge in [0.1, 0.15) is 23.5 Å². The Kier molecular flexibility index (Phi) is 4.44. The van der Waals surface area contributed by atoms with E-state index in [1.165, 1.54) is 10.9 Å². The second-order valence-corrected chi connectivity index (χ2v) is 8.40. The van der Waals surface area contributed by atoms with Gasteiger partial charge in [-0.15, -0.1) is 16.4 Å². The van der Waals surface area contributed by atoms with Crippen molar-refractivity contribution < 1.29 is 14.1 Å². The van der Waals surface area contributed by atoms with Gasteiger partial charge in [-0.3, -0.25) is 10.1 Å². The van der Waals surface area contributed by atoms with E-state index < -0.39 is 4.92 Å². The summed E-state index contributed by atoms with van der Waals surface area (Å²) in [6.45, 7) is 5.95. The van der Waals surface area contributed by atoms with E-state index in [9.17, 15) is 10.1 Å². The summed E-state index contributed by atoms with van der Waals surface area (Å²) in [7, 11) is 0. The van der Waals surface area contributed by atoms with E-state index in [0.717, 1.165) is 27.0 Å². The normalized spacial score (nSPS) is 11.5. The fourth-order valence-corrected chi connectivity index (χ4v) is 4.36. The van der Waals surface area contributed by atoms with Crippen molar-refractivity contribution in [1.29, 1.82) is 0 Å². The molecule has 0 fully saturated rings. The number of nitro benzene ring substituents is 1. The maximum absolute atomic E-state index is 11.3. The van der Waals surface area contributed by atoms with E-state index in [-0.39, 0.29) is 18.0 Å². The van der Waals surface area contributed by atoms with Crippen LogP contribution < -0.4 is 4.74 Å². The van der Waals surface area contributed by atoms with Gasteiger partial charge in [0.05, 0.1) is 10.3 Å². The highest BCUT2D eigenvalue weighted by Crippen LogP contribution is 2.32. The number of ether oxygens (including phenoxy) is 1. The third-order valence-corrected chi connectivity index (χ3v) is 6.18. The Morgan fingerprint density at radius 3 is 2.87 bits per heavy atom. The van der Waals surface area contributed by atoms with Crippen LogP contribution in [0.1, 0.15) is 21.8 Å². The minimum atomic E-state index is -0.459. The zero-order valence-corrected chi connectivity index (χ0v) is 17.8. The van der Waals surface area contributed by atoms with Gasteiger partial charge in [-0.05, 0) is 50.1 Å². The minimum absolute atomic E-state index is 0.0475. The molecular weight excluding hydrogens is 418 g/mol. The van der Waals surface area contributed by atoms with Crippen LogP contribution in [0.15, 0.2) is 41.1 Å². The highest BCUT2D eigenvalue weighted by Gasteiger charge is 2.18. The van der Waals surface area contributed by atoms with Gasteiger partial charge in [-0.2, -0.15) is 0 Å². The average molecular weight is 435 g/mol. The highest BCUT2D eigenvalue weighted by molar-refractivity contribution is 7.18. The summed E-state index contributed by atoms with van der Waals surface area (Å²) >= 11 is 1.63. The third kappa shape index (κ3) is 3.30. The van der Waals surface area contributed by atoms with Gasteiger partial charge in [-0.25, -0.2) is 14.5 Å². The first-order chi connectivity index (χ1) is 14.9. The molecule has 156 valence electrons. The summed E-state index contributed by atoms with van der Waals surface area (Å²) in [5, 5.41) is 16.7. The maximum Gasteiger partial charge on any atom is 0.311 e. The smallest absolute Gasteiger partial charge is 0.311 e. The van der Waals surface area contributed by atoms with E-state index in [0.29, 0.717) is 17.3 Å². The number of thiophene rings is 1. The van der Waals surface area contributed by atoms with Gasteiger partial charge in [0, 0.05) is 10.9 Å². The van der Waals surface area contributed by atoms with Gasteiger partial charge >= 0.3 is 5.69 Å². The summed E-state index contributed by atoms with van der Waals surface area (Å²) in [5.41, 5.74) is 2.58. The number of aromatic nitrogens is 4. The van der Waals surface area contributed by atoms with Crippen LogP contribution in [0, 0.1) is 30.9 Å². The molecule has 0 bridgehead atoms. The van der Waals surface area contributed by atoms with Gasteiger partial charge in [-0.1, -0.05) is 6.07 Å². The molecule has 0 aliphatic rings. The molecule has 0 aliphatic carbocycles. The SMILES string of the molecule is Cc1ccc(OCc2ccc(-c3nc4c5c(C)c(C)sc5ncn4n3)o2)c([N+](=O)[O-])c1. The molecule has 0 N–H and O–H groups in total. The molecule has 1 aromatic carbocycles. The summed E-state index contributed by atoms with van der Waals surface area (Å²) in [6, 6.07) is 8.33. The van der Waals surface area contributed by atoms with Crippen molar-refractivity contribution in [3.05, 3.63) is 68.5 Å². The number of hydrogen-bond donors (Lipinski definition) is 0. The van der Waals surface area contributed by atoms with Crippen LogP contribution in [-0.2, 0) is 6.61 Å². The summed E-state index contributed by atoms with van der Waals surface area (Å²) in [5.74, 6) is 1.62. The Bertz CT molecular complexity index is 1470. The molecule has 0 saturated carbocycles. The van der Waals surface area contributed by atoms with Crippen molar-refractivity contribution in [2.45, 2.75) is 27.4 Å². The van der Waals surface area contributed by atoms with Crippen LogP contribution in [0.5, 0.6) is 5.75 Å². The molecule has 4 aromatic heterocycles. The van der Waals surface area contributed by atoms with Gasteiger partial charge in [0.15, 0.2) is 17.2 Å². The summed E-state index contributed by atoms with van der Waals surface area (Å²) in [4.78, 5) is 22.0. The number of rotatable bonds is 5. The zero-order valence-electron chi connectivity index (χ0n) is 16.9. The lowest BCUT2D eigenvalue weighted by Gasteiger charge is -2.05. The first-order valence-electron chi connectivity index (χ1n) is 9.48. The number of benzene rings is 1. The molecular formula is C21H17N5O4S. The Labute approximate surface area is 180 Å². The molecule has 0 amide bonds. The molecule has 4 heterocycles. The molecule has 0 unspecified atom stereocenters. The number of aryl methyl sites for hydroxylation is 3. The van der Waals surface area contributed by atoms with Crippen molar-refractivity contribution in [3.63, 3.8) is 0 Å². The number of fused-ring (bicyclic) bond motifs is 3. The van der Waals surface area contributed by atoms with Crippen LogP contribution in [-0.4, -0.2) is 24.5 Å².